The van der Waals surface area contributed by atoms with Crippen LogP contribution in [0.4, 0.5) is 0 Å². The molecule has 1 aliphatic carbocycles. The zero-order valence-corrected chi connectivity index (χ0v) is 15.8. The van der Waals surface area contributed by atoms with E-state index in [0.717, 1.165) is 30.9 Å². The fourth-order valence-corrected chi connectivity index (χ4v) is 4.87. The predicted octanol–water partition coefficient (Wildman–Crippen LogP) is 2.80. The van der Waals surface area contributed by atoms with Gasteiger partial charge in [0.2, 0.25) is 10.0 Å². The first-order valence-corrected chi connectivity index (χ1v) is 10.7. The number of aryl methyl sites for hydroxylation is 1. The van der Waals surface area contributed by atoms with Gasteiger partial charge >= 0.3 is 0 Å². The van der Waals surface area contributed by atoms with E-state index in [1.165, 1.54) is 12.8 Å². The van der Waals surface area contributed by atoms with Crippen LogP contribution in [0.25, 0.3) is 11.3 Å². The van der Waals surface area contributed by atoms with E-state index in [4.69, 9.17) is 4.42 Å². The summed E-state index contributed by atoms with van der Waals surface area (Å²) >= 11 is 0. The van der Waals surface area contributed by atoms with Crippen molar-refractivity contribution < 1.29 is 12.8 Å². The number of oxazole rings is 1. The van der Waals surface area contributed by atoms with Crippen LogP contribution in [0.15, 0.2) is 39.8 Å². The van der Waals surface area contributed by atoms with Crippen LogP contribution in [0.5, 0.6) is 0 Å². The van der Waals surface area contributed by atoms with Gasteiger partial charge in [-0.05, 0) is 50.3 Å². The van der Waals surface area contributed by atoms with Gasteiger partial charge in [0, 0.05) is 31.6 Å². The minimum Gasteiger partial charge on any atom is -0.449 e. The van der Waals surface area contributed by atoms with E-state index in [9.17, 15) is 8.42 Å². The second kappa shape index (κ2) is 7.13. The Kier molecular flexibility index (Phi) is 4.86. The molecule has 2 aromatic rings. The monoisotopic (exact) mass is 375 g/mol. The zero-order valence-electron chi connectivity index (χ0n) is 15.0. The lowest BCUT2D eigenvalue weighted by Gasteiger charge is -2.31. The first-order chi connectivity index (χ1) is 12.5. The van der Waals surface area contributed by atoms with Crippen molar-refractivity contribution in [2.24, 2.45) is 5.92 Å². The molecular weight excluding hydrogens is 350 g/mol. The quantitative estimate of drug-likeness (QED) is 0.840. The summed E-state index contributed by atoms with van der Waals surface area (Å²) in [5.74, 6) is 1.44. The first kappa shape index (κ1) is 17.7. The summed E-state index contributed by atoms with van der Waals surface area (Å²) in [6, 6.07) is 7.33. The van der Waals surface area contributed by atoms with Crippen LogP contribution in [0.1, 0.15) is 31.6 Å². The maximum absolute atomic E-state index is 12.9. The van der Waals surface area contributed by atoms with E-state index in [2.05, 4.69) is 10.3 Å². The summed E-state index contributed by atoms with van der Waals surface area (Å²) in [7, 11) is -3.44. The molecule has 0 radical (unpaired) electrons. The lowest BCUT2D eigenvalue weighted by molar-refractivity contribution is 0.288. The maximum Gasteiger partial charge on any atom is 0.243 e. The van der Waals surface area contributed by atoms with Crippen molar-refractivity contribution >= 4 is 10.0 Å². The summed E-state index contributed by atoms with van der Waals surface area (Å²) in [5, 5.41) is 3.59. The molecule has 0 unspecified atom stereocenters. The van der Waals surface area contributed by atoms with Gasteiger partial charge in [0.05, 0.1) is 4.90 Å². The van der Waals surface area contributed by atoms with Gasteiger partial charge in [-0.2, -0.15) is 4.31 Å². The molecule has 6 nitrogen and oxygen atoms in total. The molecule has 0 amide bonds. The normalized spacial score (nSPS) is 19.7. The Bertz CT molecular complexity index is 848. The van der Waals surface area contributed by atoms with Crippen LogP contribution in [0.2, 0.25) is 0 Å². The fraction of sp³-hybridized carbons (Fsp3) is 0.526. The van der Waals surface area contributed by atoms with Crippen molar-refractivity contribution in [2.45, 2.75) is 43.5 Å². The van der Waals surface area contributed by atoms with E-state index < -0.39 is 10.0 Å². The van der Waals surface area contributed by atoms with Crippen LogP contribution in [0.3, 0.4) is 0 Å². The summed E-state index contributed by atoms with van der Waals surface area (Å²) in [6.45, 7) is 4.02. The minimum atomic E-state index is -3.44. The van der Waals surface area contributed by atoms with Gasteiger partial charge in [0.15, 0.2) is 5.89 Å². The summed E-state index contributed by atoms with van der Waals surface area (Å²) in [5.41, 5.74) is 1.57. The van der Waals surface area contributed by atoms with Crippen molar-refractivity contribution in [2.75, 3.05) is 19.6 Å². The average Bonchev–Trinajstić information content (AvgIpc) is 3.39. The molecule has 140 valence electrons. The van der Waals surface area contributed by atoms with E-state index in [1.807, 2.05) is 0 Å². The third kappa shape index (κ3) is 3.84. The molecule has 26 heavy (non-hydrogen) atoms. The van der Waals surface area contributed by atoms with E-state index >= 15 is 0 Å². The lowest BCUT2D eigenvalue weighted by Crippen LogP contribution is -2.45. The standard InChI is InChI=1S/C19H25N3O3S/c1-14-21-19(13-25-14)16-4-6-18(7-5-16)26(23,24)22-10-8-17(9-11-22)20-12-15-2-3-15/h4-7,13,15,17,20H,2-3,8-12H2,1H3. The molecular formula is C19H25N3O3S. The molecule has 2 heterocycles. The molecule has 0 bridgehead atoms. The van der Waals surface area contributed by atoms with Gasteiger partial charge < -0.3 is 9.73 Å². The van der Waals surface area contributed by atoms with Gasteiger partial charge in [-0.3, -0.25) is 0 Å². The number of hydrogen-bond acceptors (Lipinski definition) is 5. The van der Waals surface area contributed by atoms with Crippen molar-refractivity contribution in [1.82, 2.24) is 14.6 Å². The second-order valence-corrected chi connectivity index (χ2v) is 9.24. The molecule has 1 aromatic carbocycles. The van der Waals surface area contributed by atoms with Crippen molar-refractivity contribution in [3.05, 3.63) is 36.4 Å². The highest BCUT2D eigenvalue weighted by Crippen LogP contribution is 2.29. The SMILES string of the molecule is Cc1nc(-c2ccc(S(=O)(=O)N3CCC(NCC4CC4)CC3)cc2)co1. The topological polar surface area (TPSA) is 75.4 Å². The van der Waals surface area contributed by atoms with E-state index in [0.29, 0.717) is 35.6 Å². The third-order valence-electron chi connectivity index (χ3n) is 5.25. The lowest BCUT2D eigenvalue weighted by atomic mass is 10.1. The number of nitrogens with zero attached hydrogens (tertiary/aromatic N) is 2. The Morgan fingerprint density at radius 2 is 1.85 bits per heavy atom. The molecule has 1 aliphatic heterocycles. The number of rotatable bonds is 6. The largest absolute Gasteiger partial charge is 0.449 e. The molecule has 4 rings (SSSR count). The number of benzene rings is 1. The Morgan fingerprint density at radius 3 is 2.42 bits per heavy atom. The maximum atomic E-state index is 12.9. The average molecular weight is 375 g/mol. The molecule has 1 saturated carbocycles. The number of hydrogen-bond donors (Lipinski definition) is 1. The van der Waals surface area contributed by atoms with Crippen molar-refractivity contribution in [3.63, 3.8) is 0 Å². The first-order valence-electron chi connectivity index (χ1n) is 9.28. The Labute approximate surface area is 154 Å². The number of sulfonamides is 1. The Balaban J connectivity index is 1.40. The Hall–Kier alpha value is -1.70. The van der Waals surface area contributed by atoms with Gasteiger partial charge in [0.25, 0.3) is 0 Å². The summed E-state index contributed by atoms with van der Waals surface area (Å²) in [4.78, 5) is 4.61. The zero-order chi connectivity index (χ0) is 18.1. The molecule has 1 saturated heterocycles. The van der Waals surface area contributed by atoms with E-state index in [-0.39, 0.29) is 0 Å². The summed E-state index contributed by atoms with van der Waals surface area (Å²) < 4.78 is 32.6. The van der Waals surface area contributed by atoms with Crippen LogP contribution < -0.4 is 5.32 Å². The number of aromatic nitrogens is 1. The van der Waals surface area contributed by atoms with Crippen LogP contribution >= 0.6 is 0 Å². The van der Waals surface area contributed by atoms with Crippen LogP contribution in [-0.2, 0) is 10.0 Å². The van der Waals surface area contributed by atoms with Gasteiger partial charge in [-0.25, -0.2) is 13.4 Å². The number of nitrogens with one attached hydrogen (secondary N) is 1. The smallest absolute Gasteiger partial charge is 0.243 e. The van der Waals surface area contributed by atoms with Crippen LogP contribution in [0, 0.1) is 12.8 Å². The molecule has 7 heteroatoms. The van der Waals surface area contributed by atoms with Crippen molar-refractivity contribution in [1.29, 1.82) is 0 Å². The minimum absolute atomic E-state index is 0.339. The van der Waals surface area contributed by atoms with Gasteiger partial charge in [-0.1, -0.05) is 12.1 Å². The van der Waals surface area contributed by atoms with Gasteiger partial charge in [0.1, 0.15) is 12.0 Å². The molecule has 2 fully saturated rings. The van der Waals surface area contributed by atoms with E-state index in [1.54, 1.807) is 41.8 Å². The third-order valence-corrected chi connectivity index (χ3v) is 7.17. The van der Waals surface area contributed by atoms with Gasteiger partial charge in [-0.15, -0.1) is 0 Å². The second-order valence-electron chi connectivity index (χ2n) is 7.31. The van der Waals surface area contributed by atoms with Crippen molar-refractivity contribution in [3.8, 4) is 11.3 Å². The molecule has 2 aliphatic rings. The summed E-state index contributed by atoms with van der Waals surface area (Å²) in [6.07, 6.45) is 6.01. The molecule has 1 N–H and O–H groups in total. The highest BCUT2D eigenvalue weighted by atomic mass is 32.2. The molecule has 1 aromatic heterocycles. The highest BCUT2D eigenvalue weighted by molar-refractivity contribution is 7.89. The predicted molar refractivity (Wildman–Crippen MR) is 99.2 cm³/mol. The van der Waals surface area contributed by atoms with Crippen LogP contribution in [-0.4, -0.2) is 43.4 Å². The molecule has 0 atom stereocenters. The Morgan fingerprint density at radius 1 is 1.15 bits per heavy atom. The fourth-order valence-electron chi connectivity index (χ4n) is 3.40. The number of piperidine rings is 1. The highest BCUT2D eigenvalue weighted by Gasteiger charge is 2.30. The molecule has 0 spiro atoms.